The number of nitrogens with zero attached hydrogens (tertiary/aromatic N) is 1. The maximum atomic E-state index is 12.7. The van der Waals surface area contributed by atoms with Crippen LogP contribution in [-0.2, 0) is 16.0 Å². The Morgan fingerprint density at radius 1 is 1.38 bits per heavy atom. The maximum Gasteiger partial charge on any atom is 0.250 e. The van der Waals surface area contributed by atoms with Gasteiger partial charge >= 0.3 is 0 Å². The molecule has 1 unspecified atom stereocenters. The normalized spacial score (nSPS) is 19.1. The minimum absolute atomic E-state index is 0.0136. The fourth-order valence-electron chi connectivity index (χ4n) is 2.65. The number of carbonyl (C=O) groups excluding carboxylic acids is 2. The Morgan fingerprint density at radius 3 is 2.71 bits per heavy atom. The van der Waals surface area contributed by atoms with Crippen LogP contribution in [0.25, 0.3) is 0 Å². The molecule has 1 heterocycles. The molecule has 1 aromatic carbocycles. The summed E-state index contributed by atoms with van der Waals surface area (Å²) in [6, 6.07) is 5.41. The second kappa shape index (κ2) is 6.60. The summed E-state index contributed by atoms with van der Waals surface area (Å²) in [4.78, 5) is 26.2. The number of amides is 2. The largest absolute Gasteiger partial charge is 0.343 e. The number of hydrogen-bond acceptors (Lipinski definition) is 2. The molecule has 0 saturated carbocycles. The topological polar surface area (TPSA) is 49.4 Å². The van der Waals surface area contributed by atoms with Gasteiger partial charge in [0, 0.05) is 10.2 Å². The zero-order valence-corrected chi connectivity index (χ0v) is 14.2. The maximum absolute atomic E-state index is 12.7. The number of anilines is 1. The molecule has 1 aromatic rings. The monoisotopic (exact) mass is 352 g/mol. The number of halogens is 1. The first-order valence-corrected chi connectivity index (χ1v) is 8.10. The number of nitrogens with one attached hydrogen (secondary N) is 1. The Hall–Kier alpha value is -1.36. The molecule has 0 aromatic heterocycles. The van der Waals surface area contributed by atoms with Crippen LogP contribution in [0.2, 0.25) is 0 Å². The molecular formula is C16H21BrN2O2. The van der Waals surface area contributed by atoms with Crippen LogP contribution in [0.3, 0.4) is 0 Å². The first-order chi connectivity index (χ1) is 9.92. The van der Waals surface area contributed by atoms with E-state index in [9.17, 15) is 9.59 Å². The first-order valence-electron chi connectivity index (χ1n) is 7.31. The van der Waals surface area contributed by atoms with Crippen molar-refractivity contribution in [2.24, 2.45) is 5.92 Å². The zero-order valence-electron chi connectivity index (χ0n) is 12.6. The van der Waals surface area contributed by atoms with E-state index in [0.29, 0.717) is 12.3 Å². The van der Waals surface area contributed by atoms with E-state index >= 15 is 0 Å². The number of benzene rings is 1. The van der Waals surface area contributed by atoms with E-state index in [-0.39, 0.29) is 18.4 Å². The van der Waals surface area contributed by atoms with E-state index in [0.717, 1.165) is 22.1 Å². The van der Waals surface area contributed by atoms with E-state index in [2.05, 4.69) is 35.1 Å². The fraction of sp³-hybridized carbons (Fsp3) is 0.500. The van der Waals surface area contributed by atoms with E-state index < -0.39 is 6.04 Å². The predicted octanol–water partition coefficient (Wildman–Crippen LogP) is 2.89. The summed E-state index contributed by atoms with van der Waals surface area (Å²) in [7, 11) is 0. The van der Waals surface area contributed by atoms with Crippen molar-refractivity contribution in [3.05, 3.63) is 28.2 Å². The minimum atomic E-state index is -0.417. The van der Waals surface area contributed by atoms with Gasteiger partial charge in [-0.15, -0.1) is 0 Å². The quantitative estimate of drug-likeness (QED) is 0.905. The third-order valence-electron chi connectivity index (χ3n) is 3.62. The Balaban J connectivity index is 2.33. The van der Waals surface area contributed by atoms with E-state index in [4.69, 9.17) is 0 Å². The molecule has 5 heteroatoms. The Labute approximate surface area is 134 Å². The molecule has 2 rings (SSSR count). The summed E-state index contributed by atoms with van der Waals surface area (Å²) in [6.07, 6.45) is 1.48. The van der Waals surface area contributed by atoms with Crippen molar-refractivity contribution in [1.82, 2.24) is 5.32 Å². The number of hydrogen-bond donors (Lipinski definition) is 1. The number of rotatable bonds is 4. The molecule has 0 spiro atoms. The summed E-state index contributed by atoms with van der Waals surface area (Å²) in [5.41, 5.74) is 1.91. The van der Waals surface area contributed by atoms with Gasteiger partial charge in [-0.2, -0.15) is 0 Å². The molecule has 0 bridgehead atoms. The smallest absolute Gasteiger partial charge is 0.250 e. The van der Waals surface area contributed by atoms with Gasteiger partial charge < -0.3 is 10.2 Å². The molecule has 1 N–H and O–H groups in total. The lowest BCUT2D eigenvalue weighted by atomic mass is 9.99. The summed E-state index contributed by atoms with van der Waals surface area (Å²) in [5.74, 6) is 0.250. The van der Waals surface area contributed by atoms with Gasteiger partial charge in [0.15, 0.2) is 0 Å². The van der Waals surface area contributed by atoms with Crippen LogP contribution in [-0.4, -0.2) is 24.4 Å². The van der Waals surface area contributed by atoms with E-state index in [1.54, 1.807) is 4.90 Å². The molecule has 4 nitrogen and oxygen atoms in total. The average molecular weight is 353 g/mol. The van der Waals surface area contributed by atoms with Gasteiger partial charge in [-0.25, -0.2) is 0 Å². The van der Waals surface area contributed by atoms with Crippen LogP contribution in [0.4, 0.5) is 5.69 Å². The van der Waals surface area contributed by atoms with Gasteiger partial charge in [0.25, 0.3) is 0 Å². The van der Waals surface area contributed by atoms with Crippen LogP contribution in [0.5, 0.6) is 0 Å². The molecule has 0 radical (unpaired) electrons. The van der Waals surface area contributed by atoms with Crippen molar-refractivity contribution in [3.63, 3.8) is 0 Å². The Morgan fingerprint density at radius 2 is 2.10 bits per heavy atom. The third-order valence-corrected chi connectivity index (χ3v) is 4.11. The zero-order chi connectivity index (χ0) is 15.6. The second-order valence-corrected chi connectivity index (χ2v) is 6.72. The van der Waals surface area contributed by atoms with Crippen molar-refractivity contribution in [1.29, 1.82) is 0 Å². The van der Waals surface area contributed by atoms with Gasteiger partial charge in [0.2, 0.25) is 11.8 Å². The van der Waals surface area contributed by atoms with Crippen molar-refractivity contribution in [2.75, 3.05) is 11.4 Å². The predicted molar refractivity (Wildman–Crippen MR) is 87.3 cm³/mol. The van der Waals surface area contributed by atoms with Gasteiger partial charge in [-0.1, -0.05) is 36.7 Å². The highest BCUT2D eigenvalue weighted by molar-refractivity contribution is 9.10. The molecule has 1 atom stereocenters. The van der Waals surface area contributed by atoms with Crippen LogP contribution in [0.15, 0.2) is 22.7 Å². The lowest BCUT2D eigenvalue weighted by molar-refractivity contribution is -0.131. The van der Waals surface area contributed by atoms with Crippen molar-refractivity contribution < 1.29 is 9.59 Å². The number of carbonyl (C=O) groups is 2. The first kappa shape index (κ1) is 16.0. The summed E-state index contributed by atoms with van der Waals surface area (Å²) in [6.45, 7) is 6.25. The molecule has 1 fully saturated rings. The standard InChI is InChI=1S/C16H21BrN2O2/c1-4-11-8-12(17)5-6-14(11)19-9-15(20)18-13(16(19)21)7-10(2)3/h5-6,8,10,13H,4,7,9H2,1-3H3,(H,18,20). The Bertz CT molecular complexity index is 557. The van der Waals surface area contributed by atoms with Gasteiger partial charge in [-0.3, -0.25) is 9.59 Å². The third kappa shape index (κ3) is 3.64. The summed E-state index contributed by atoms with van der Waals surface area (Å²) >= 11 is 3.45. The van der Waals surface area contributed by atoms with Crippen molar-refractivity contribution >= 4 is 33.4 Å². The van der Waals surface area contributed by atoms with Crippen LogP contribution in [0.1, 0.15) is 32.8 Å². The lowest BCUT2D eigenvalue weighted by Crippen LogP contribution is -2.58. The van der Waals surface area contributed by atoms with Crippen molar-refractivity contribution in [3.8, 4) is 0 Å². The van der Waals surface area contributed by atoms with E-state index in [1.807, 2.05) is 25.1 Å². The lowest BCUT2D eigenvalue weighted by Gasteiger charge is -2.34. The molecule has 114 valence electrons. The molecule has 1 aliphatic heterocycles. The highest BCUT2D eigenvalue weighted by Crippen LogP contribution is 2.27. The second-order valence-electron chi connectivity index (χ2n) is 5.80. The molecule has 21 heavy (non-hydrogen) atoms. The number of piperazine rings is 1. The molecular weight excluding hydrogens is 332 g/mol. The molecule has 2 amide bonds. The number of aryl methyl sites for hydroxylation is 1. The van der Waals surface area contributed by atoms with Gasteiger partial charge in [-0.05, 0) is 42.5 Å². The summed E-state index contributed by atoms with van der Waals surface area (Å²) in [5, 5.41) is 2.81. The van der Waals surface area contributed by atoms with Gasteiger partial charge in [0.1, 0.15) is 12.6 Å². The van der Waals surface area contributed by atoms with Crippen LogP contribution >= 0.6 is 15.9 Å². The summed E-state index contributed by atoms with van der Waals surface area (Å²) < 4.78 is 0.982. The Kier molecular flexibility index (Phi) is 5.04. The van der Waals surface area contributed by atoms with E-state index in [1.165, 1.54) is 0 Å². The molecule has 1 saturated heterocycles. The molecule has 0 aliphatic carbocycles. The van der Waals surface area contributed by atoms with Crippen LogP contribution < -0.4 is 10.2 Å². The minimum Gasteiger partial charge on any atom is -0.343 e. The SMILES string of the molecule is CCc1cc(Br)ccc1N1CC(=O)NC(CC(C)C)C1=O. The fourth-order valence-corrected chi connectivity index (χ4v) is 3.06. The van der Waals surface area contributed by atoms with Gasteiger partial charge in [0.05, 0.1) is 0 Å². The van der Waals surface area contributed by atoms with Crippen molar-refractivity contribution in [2.45, 2.75) is 39.7 Å². The highest BCUT2D eigenvalue weighted by Gasteiger charge is 2.34. The average Bonchev–Trinajstić information content (AvgIpc) is 2.42. The van der Waals surface area contributed by atoms with Crippen LogP contribution in [0, 0.1) is 5.92 Å². The highest BCUT2D eigenvalue weighted by atomic mass is 79.9. The molecule has 1 aliphatic rings.